The molecule has 2 N–H and O–H groups in total. The van der Waals surface area contributed by atoms with E-state index < -0.39 is 0 Å². The summed E-state index contributed by atoms with van der Waals surface area (Å²) < 4.78 is 0. The summed E-state index contributed by atoms with van der Waals surface area (Å²) in [6.45, 7) is 0. The summed E-state index contributed by atoms with van der Waals surface area (Å²) in [6.07, 6.45) is 2.48. The first kappa shape index (κ1) is 10.8. The molecule has 2 aromatic carbocycles. The maximum absolute atomic E-state index is 3.83. The van der Waals surface area contributed by atoms with Crippen LogP contribution >= 0.6 is 0 Å². The van der Waals surface area contributed by atoms with Crippen LogP contribution in [0.3, 0.4) is 0 Å². The molecule has 2 aliphatic heterocycles. The Morgan fingerprint density at radius 3 is 2.60 bits per heavy atom. The lowest BCUT2D eigenvalue weighted by Crippen LogP contribution is -2.38. The van der Waals surface area contributed by atoms with Crippen molar-refractivity contribution in [2.75, 3.05) is 10.6 Å². The van der Waals surface area contributed by atoms with Gasteiger partial charge in [-0.05, 0) is 36.1 Å². The molecule has 100 valence electrons. The van der Waals surface area contributed by atoms with Crippen molar-refractivity contribution in [1.82, 2.24) is 0 Å². The van der Waals surface area contributed by atoms with Crippen molar-refractivity contribution < 1.29 is 0 Å². The van der Waals surface area contributed by atoms with Crippen LogP contribution < -0.4 is 10.6 Å². The largest absolute Gasteiger partial charge is 0.382 e. The van der Waals surface area contributed by atoms with Crippen molar-refractivity contribution in [1.29, 1.82) is 0 Å². The Bertz CT molecular complexity index is 679. The fourth-order valence-electron chi connectivity index (χ4n) is 4.53. The third-order valence-corrected chi connectivity index (χ3v) is 5.42. The van der Waals surface area contributed by atoms with E-state index in [1.165, 1.54) is 35.3 Å². The van der Waals surface area contributed by atoms with Crippen LogP contribution in [0.25, 0.3) is 0 Å². The van der Waals surface area contributed by atoms with Crippen LogP contribution in [0.1, 0.15) is 23.5 Å². The van der Waals surface area contributed by atoms with E-state index in [0.29, 0.717) is 23.9 Å². The van der Waals surface area contributed by atoms with Crippen LogP contribution in [-0.4, -0.2) is 12.1 Å². The zero-order chi connectivity index (χ0) is 13.1. The van der Waals surface area contributed by atoms with Crippen LogP contribution in [0.2, 0.25) is 0 Å². The first-order valence-electron chi connectivity index (χ1n) is 7.60. The minimum absolute atomic E-state index is 0.589. The third kappa shape index (κ3) is 1.34. The lowest BCUT2D eigenvalue weighted by molar-refractivity contribution is 0.453. The van der Waals surface area contributed by atoms with E-state index >= 15 is 0 Å². The van der Waals surface area contributed by atoms with Crippen molar-refractivity contribution >= 4 is 11.4 Å². The molecule has 2 heterocycles. The van der Waals surface area contributed by atoms with E-state index in [1.807, 2.05) is 0 Å². The molecule has 20 heavy (non-hydrogen) atoms. The Labute approximate surface area is 119 Å². The Hall–Kier alpha value is -1.96. The summed E-state index contributed by atoms with van der Waals surface area (Å²) >= 11 is 0. The SMILES string of the molecule is c1ccc2c(c1)C[C@H]1C3CC(c4ccccc4N3)[C@H]1N2. The van der Waals surface area contributed by atoms with Crippen LogP contribution in [0.4, 0.5) is 11.4 Å². The van der Waals surface area contributed by atoms with Gasteiger partial charge in [-0.25, -0.2) is 0 Å². The monoisotopic (exact) mass is 262 g/mol. The van der Waals surface area contributed by atoms with E-state index in [1.54, 1.807) is 0 Å². The van der Waals surface area contributed by atoms with E-state index in [-0.39, 0.29) is 0 Å². The average molecular weight is 262 g/mol. The fraction of sp³-hybridized carbons (Fsp3) is 0.333. The van der Waals surface area contributed by atoms with E-state index in [4.69, 9.17) is 0 Å². The van der Waals surface area contributed by atoms with Gasteiger partial charge in [-0.1, -0.05) is 36.4 Å². The quantitative estimate of drug-likeness (QED) is 0.757. The highest BCUT2D eigenvalue weighted by Gasteiger charge is 2.49. The molecule has 2 unspecified atom stereocenters. The molecule has 2 heteroatoms. The molecule has 0 aromatic heterocycles. The van der Waals surface area contributed by atoms with Gasteiger partial charge in [0.25, 0.3) is 0 Å². The summed E-state index contributed by atoms with van der Waals surface area (Å²) in [6, 6.07) is 18.9. The van der Waals surface area contributed by atoms with Crippen LogP contribution in [0, 0.1) is 5.92 Å². The molecule has 1 fully saturated rings. The predicted octanol–water partition coefficient (Wildman–Crippen LogP) is 3.62. The van der Waals surface area contributed by atoms with Gasteiger partial charge in [0.1, 0.15) is 0 Å². The molecule has 4 atom stereocenters. The first-order valence-corrected chi connectivity index (χ1v) is 7.60. The van der Waals surface area contributed by atoms with Crippen molar-refractivity contribution in [3.63, 3.8) is 0 Å². The van der Waals surface area contributed by atoms with Crippen LogP contribution in [0.15, 0.2) is 48.5 Å². The topological polar surface area (TPSA) is 24.1 Å². The summed E-state index contributed by atoms with van der Waals surface area (Å²) in [5.74, 6) is 1.37. The van der Waals surface area contributed by atoms with Crippen LogP contribution in [-0.2, 0) is 6.42 Å². The number of nitrogens with one attached hydrogen (secondary N) is 2. The molecule has 1 aliphatic carbocycles. The van der Waals surface area contributed by atoms with Gasteiger partial charge in [0, 0.05) is 35.3 Å². The van der Waals surface area contributed by atoms with Gasteiger partial charge in [-0.2, -0.15) is 0 Å². The van der Waals surface area contributed by atoms with Gasteiger partial charge in [0.15, 0.2) is 0 Å². The number of para-hydroxylation sites is 2. The number of anilines is 2. The lowest BCUT2D eigenvalue weighted by atomic mass is 9.84. The van der Waals surface area contributed by atoms with Crippen LogP contribution in [0.5, 0.6) is 0 Å². The normalized spacial score (nSPS) is 32.4. The summed E-state index contributed by atoms with van der Waals surface area (Å²) in [7, 11) is 0. The standard InChI is InChI=1S/C18H18N2/c1-3-7-15-11(5-1)9-14-17-10-13(18(14)20-15)12-6-2-4-8-16(12)19-17/h1-8,13-14,17-20H,9-10H2/t13?,14-,17?,18+/m0/s1. The molecule has 0 spiro atoms. The lowest BCUT2D eigenvalue weighted by Gasteiger charge is -2.33. The van der Waals surface area contributed by atoms with Gasteiger partial charge in [0.05, 0.1) is 0 Å². The molecule has 0 radical (unpaired) electrons. The minimum Gasteiger partial charge on any atom is -0.382 e. The highest BCUT2D eigenvalue weighted by Crippen LogP contribution is 2.51. The van der Waals surface area contributed by atoms with Gasteiger partial charge in [0.2, 0.25) is 0 Å². The number of hydrogen-bond acceptors (Lipinski definition) is 2. The predicted molar refractivity (Wildman–Crippen MR) is 82.3 cm³/mol. The summed E-state index contributed by atoms with van der Waals surface area (Å²) in [4.78, 5) is 0. The van der Waals surface area contributed by atoms with Gasteiger partial charge in [-0.15, -0.1) is 0 Å². The average Bonchev–Trinajstić information content (AvgIpc) is 2.79. The third-order valence-electron chi connectivity index (χ3n) is 5.42. The molecule has 5 rings (SSSR count). The Morgan fingerprint density at radius 1 is 0.850 bits per heavy atom. The molecule has 2 aromatic rings. The highest BCUT2D eigenvalue weighted by molar-refractivity contribution is 5.62. The smallest absolute Gasteiger partial charge is 0.0382 e. The maximum atomic E-state index is 3.83. The molecule has 0 saturated heterocycles. The second-order valence-corrected chi connectivity index (χ2v) is 6.38. The number of rotatable bonds is 0. The highest BCUT2D eigenvalue weighted by atomic mass is 15.1. The van der Waals surface area contributed by atoms with Crippen molar-refractivity contribution in [3.8, 4) is 0 Å². The molecular formula is C18H18N2. The Balaban J connectivity index is 1.60. The minimum atomic E-state index is 0.589. The molecule has 2 nitrogen and oxygen atoms in total. The molecule has 3 aliphatic rings. The van der Waals surface area contributed by atoms with Gasteiger partial charge >= 0.3 is 0 Å². The molecule has 2 bridgehead atoms. The second-order valence-electron chi connectivity index (χ2n) is 6.38. The van der Waals surface area contributed by atoms with Crippen molar-refractivity contribution in [2.24, 2.45) is 5.92 Å². The van der Waals surface area contributed by atoms with E-state index in [9.17, 15) is 0 Å². The zero-order valence-electron chi connectivity index (χ0n) is 11.3. The Morgan fingerprint density at radius 2 is 1.65 bits per heavy atom. The number of fused-ring (bicyclic) bond motifs is 8. The number of benzene rings is 2. The maximum Gasteiger partial charge on any atom is 0.0382 e. The summed E-state index contributed by atoms with van der Waals surface area (Å²) in [5, 5.41) is 7.61. The number of hydrogen-bond donors (Lipinski definition) is 2. The Kier molecular flexibility index (Phi) is 2.04. The first-order chi connectivity index (χ1) is 9.90. The van der Waals surface area contributed by atoms with Gasteiger partial charge in [-0.3, -0.25) is 0 Å². The molecular weight excluding hydrogens is 244 g/mol. The summed E-state index contributed by atoms with van der Waals surface area (Å²) in [5.41, 5.74) is 5.68. The van der Waals surface area contributed by atoms with E-state index in [2.05, 4.69) is 59.2 Å². The second kappa shape index (κ2) is 3.78. The van der Waals surface area contributed by atoms with Crippen molar-refractivity contribution in [3.05, 3.63) is 59.7 Å². The van der Waals surface area contributed by atoms with E-state index in [0.717, 1.165) is 0 Å². The van der Waals surface area contributed by atoms with Crippen molar-refractivity contribution in [2.45, 2.75) is 30.8 Å². The molecule has 0 amide bonds. The fourth-order valence-corrected chi connectivity index (χ4v) is 4.53. The zero-order valence-corrected chi connectivity index (χ0v) is 11.3. The van der Waals surface area contributed by atoms with Gasteiger partial charge < -0.3 is 10.6 Å². The molecule has 1 saturated carbocycles.